The van der Waals surface area contributed by atoms with Crippen molar-refractivity contribution in [2.24, 2.45) is 5.73 Å². The van der Waals surface area contributed by atoms with E-state index in [1.165, 1.54) is 0 Å². The van der Waals surface area contributed by atoms with E-state index >= 15 is 0 Å². The summed E-state index contributed by atoms with van der Waals surface area (Å²) in [5.74, 6) is 1.20. The summed E-state index contributed by atoms with van der Waals surface area (Å²) in [4.78, 5) is 32.7. The molecule has 1 saturated heterocycles. The predicted molar refractivity (Wildman–Crippen MR) is 127 cm³/mol. The summed E-state index contributed by atoms with van der Waals surface area (Å²) in [5, 5.41) is 0. The fraction of sp³-hybridized carbons (Fsp3) is 0.480. The molecule has 2 aliphatic rings. The smallest absolute Gasteiger partial charge is 0.404 e. The van der Waals surface area contributed by atoms with Gasteiger partial charge < -0.3 is 19.9 Å². The van der Waals surface area contributed by atoms with Crippen LogP contribution in [0.15, 0.2) is 42.5 Å². The molecule has 0 bridgehead atoms. The second-order valence-electron chi connectivity index (χ2n) is 8.67. The number of benzene rings is 1. The summed E-state index contributed by atoms with van der Waals surface area (Å²) in [7, 11) is 1.57. The molecule has 2 aromatic rings. The molecule has 2 amide bonds. The first-order valence-corrected chi connectivity index (χ1v) is 11.7. The van der Waals surface area contributed by atoms with Gasteiger partial charge in [0.25, 0.3) is 0 Å². The Hall–Kier alpha value is -3.17. The number of amides is 2. The van der Waals surface area contributed by atoms with Gasteiger partial charge in [0, 0.05) is 32.1 Å². The van der Waals surface area contributed by atoms with Gasteiger partial charge in [0.1, 0.15) is 11.9 Å². The highest BCUT2D eigenvalue weighted by Crippen LogP contribution is 2.29. The number of hydrogen-bond acceptors (Lipinski definition) is 7. The van der Waals surface area contributed by atoms with Crippen LogP contribution >= 0.6 is 0 Å². The topological polar surface area (TPSA) is 107 Å². The van der Waals surface area contributed by atoms with Crippen molar-refractivity contribution < 1.29 is 23.8 Å². The Labute approximate surface area is 199 Å². The van der Waals surface area contributed by atoms with Crippen molar-refractivity contribution in [2.45, 2.75) is 44.4 Å². The van der Waals surface area contributed by atoms with Crippen LogP contribution in [0.2, 0.25) is 0 Å². The molecule has 3 heterocycles. The number of primary amides is 1. The van der Waals surface area contributed by atoms with Crippen molar-refractivity contribution in [2.75, 3.05) is 38.3 Å². The normalized spacial score (nSPS) is 17.8. The highest BCUT2D eigenvalue weighted by atomic mass is 16.6. The Morgan fingerprint density at radius 3 is 2.62 bits per heavy atom. The van der Waals surface area contributed by atoms with Crippen molar-refractivity contribution in [3.05, 3.63) is 53.6 Å². The van der Waals surface area contributed by atoms with Crippen molar-refractivity contribution >= 4 is 17.8 Å². The predicted octanol–water partition coefficient (Wildman–Crippen LogP) is 2.51. The molecule has 4 rings (SSSR count). The molecule has 9 nitrogen and oxygen atoms in total. The number of likely N-dealkylation sites (tertiary alicyclic amines) is 1. The fourth-order valence-electron chi connectivity index (χ4n) is 4.58. The molecule has 1 aromatic carbocycles. The molecule has 0 spiro atoms. The number of ether oxygens (including phenoxy) is 3. The summed E-state index contributed by atoms with van der Waals surface area (Å²) >= 11 is 0. The van der Waals surface area contributed by atoms with Gasteiger partial charge in [0.2, 0.25) is 11.8 Å². The highest BCUT2D eigenvalue weighted by molar-refractivity contribution is 5.95. The Balaban J connectivity index is 1.48. The first kappa shape index (κ1) is 24.0. The van der Waals surface area contributed by atoms with Gasteiger partial charge in [0.15, 0.2) is 0 Å². The minimum Gasteiger partial charge on any atom is -0.481 e. The molecule has 0 aliphatic carbocycles. The van der Waals surface area contributed by atoms with E-state index in [1.54, 1.807) is 12.0 Å². The summed E-state index contributed by atoms with van der Waals surface area (Å²) in [6, 6.07) is 13.8. The zero-order valence-corrected chi connectivity index (χ0v) is 19.5. The monoisotopic (exact) mass is 468 g/mol. The molecule has 2 N–H and O–H groups in total. The van der Waals surface area contributed by atoms with Crippen molar-refractivity contribution in [3.63, 3.8) is 0 Å². The first-order valence-electron chi connectivity index (χ1n) is 11.7. The lowest BCUT2D eigenvalue weighted by Gasteiger charge is -2.40. The van der Waals surface area contributed by atoms with Gasteiger partial charge in [-0.05, 0) is 36.5 Å². The largest absolute Gasteiger partial charge is 0.481 e. The summed E-state index contributed by atoms with van der Waals surface area (Å²) in [5.41, 5.74) is 7.33. The van der Waals surface area contributed by atoms with E-state index in [-0.39, 0.29) is 18.1 Å². The third-order valence-electron chi connectivity index (χ3n) is 6.40. The SMILES string of the molecule is COc1ccc2c(n1)N(CC(COCc1ccccc1)N1CCC(OC(N)=O)CC1)C(=O)CC2. The molecule has 0 saturated carbocycles. The maximum Gasteiger partial charge on any atom is 0.404 e. The number of aromatic nitrogens is 1. The van der Waals surface area contributed by atoms with Crippen molar-refractivity contribution in [1.29, 1.82) is 0 Å². The summed E-state index contributed by atoms with van der Waals surface area (Å²) < 4.78 is 16.6. The number of carbonyl (C=O) groups excluding carboxylic acids is 2. The standard InChI is InChI=1S/C25H32N4O5/c1-32-22-9-7-19-8-10-23(30)29(24(19)27-22)15-20(17-33-16-18-5-3-2-4-6-18)28-13-11-21(12-14-28)34-25(26)31/h2-7,9,20-21H,8,10-17H2,1H3,(H2,26,31). The third-order valence-corrected chi connectivity index (χ3v) is 6.40. The van der Waals surface area contributed by atoms with Crippen LogP contribution in [0.1, 0.15) is 30.4 Å². The van der Waals surface area contributed by atoms with E-state index < -0.39 is 6.09 Å². The van der Waals surface area contributed by atoms with Gasteiger partial charge in [-0.2, -0.15) is 4.98 Å². The van der Waals surface area contributed by atoms with Crippen LogP contribution in [0.3, 0.4) is 0 Å². The van der Waals surface area contributed by atoms with Crippen LogP contribution in [0.25, 0.3) is 0 Å². The van der Waals surface area contributed by atoms with Gasteiger partial charge in [-0.1, -0.05) is 30.3 Å². The number of methoxy groups -OCH3 is 1. The quantitative estimate of drug-likeness (QED) is 0.603. The molecule has 1 aromatic heterocycles. The summed E-state index contributed by atoms with van der Waals surface area (Å²) in [6.07, 6.45) is 1.59. The fourth-order valence-corrected chi connectivity index (χ4v) is 4.58. The van der Waals surface area contributed by atoms with Gasteiger partial charge in [-0.3, -0.25) is 14.6 Å². The molecular weight excluding hydrogens is 436 g/mol. The zero-order valence-electron chi connectivity index (χ0n) is 19.5. The molecule has 34 heavy (non-hydrogen) atoms. The van der Waals surface area contributed by atoms with Gasteiger partial charge in [0.05, 0.1) is 26.4 Å². The van der Waals surface area contributed by atoms with Gasteiger partial charge >= 0.3 is 6.09 Å². The lowest BCUT2D eigenvalue weighted by Crippen LogP contribution is -2.53. The van der Waals surface area contributed by atoms with Crippen LogP contribution in [0.5, 0.6) is 5.88 Å². The van der Waals surface area contributed by atoms with E-state index in [0.717, 1.165) is 24.2 Å². The first-order chi connectivity index (χ1) is 16.5. The molecule has 1 atom stereocenters. The molecule has 0 radical (unpaired) electrons. The van der Waals surface area contributed by atoms with Crippen LogP contribution < -0.4 is 15.4 Å². The van der Waals surface area contributed by atoms with E-state index in [9.17, 15) is 9.59 Å². The number of hydrogen-bond donors (Lipinski definition) is 1. The summed E-state index contributed by atoms with van der Waals surface area (Å²) in [6.45, 7) is 2.85. The molecule has 9 heteroatoms. The van der Waals surface area contributed by atoms with Crippen LogP contribution in [-0.4, -0.2) is 67.4 Å². The Morgan fingerprint density at radius 2 is 1.91 bits per heavy atom. The third kappa shape index (κ3) is 6.03. The maximum atomic E-state index is 13.0. The molecule has 1 fully saturated rings. The van der Waals surface area contributed by atoms with Gasteiger partial charge in [-0.25, -0.2) is 4.79 Å². The minimum atomic E-state index is -0.739. The average Bonchev–Trinajstić information content (AvgIpc) is 2.85. The lowest BCUT2D eigenvalue weighted by atomic mass is 10.0. The van der Waals surface area contributed by atoms with Crippen molar-refractivity contribution in [1.82, 2.24) is 9.88 Å². The van der Waals surface area contributed by atoms with E-state index in [1.807, 2.05) is 42.5 Å². The van der Waals surface area contributed by atoms with E-state index in [2.05, 4.69) is 9.88 Å². The van der Waals surface area contributed by atoms with Crippen LogP contribution in [0, 0.1) is 0 Å². The second kappa shape index (κ2) is 11.3. The number of pyridine rings is 1. The van der Waals surface area contributed by atoms with Crippen LogP contribution in [0.4, 0.5) is 10.6 Å². The Kier molecular flexibility index (Phi) is 7.97. The number of nitrogens with zero attached hydrogens (tertiary/aromatic N) is 3. The number of carbonyl (C=O) groups is 2. The highest BCUT2D eigenvalue weighted by Gasteiger charge is 2.33. The number of piperidine rings is 1. The van der Waals surface area contributed by atoms with Crippen LogP contribution in [-0.2, 0) is 27.3 Å². The number of anilines is 1. The molecule has 182 valence electrons. The van der Waals surface area contributed by atoms with Gasteiger partial charge in [-0.15, -0.1) is 0 Å². The Bertz CT molecular complexity index is 979. The lowest BCUT2D eigenvalue weighted by molar-refractivity contribution is -0.119. The number of rotatable bonds is 9. The molecule has 1 unspecified atom stereocenters. The van der Waals surface area contributed by atoms with Crippen molar-refractivity contribution in [3.8, 4) is 5.88 Å². The van der Waals surface area contributed by atoms with E-state index in [4.69, 9.17) is 19.9 Å². The molecule has 2 aliphatic heterocycles. The minimum absolute atomic E-state index is 0.0406. The maximum absolute atomic E-state index is 13.0. The Morgan fingerprint density at radius 1 is 1.15 bits per heavy atom. The second-order valence-corrected chi connectivity index (χ2v) is 8.67. The van der Waals surface area contributed by atoms with E-state index in [0.29, 0.717) is 57.1 Å². The number of nitrogens with two attached hydrogens (primary N) is 1. The number of fused-ring (bicyclic) bond motifs is 1. The average molecular weight is 469 g/mol. The molecular formula is C25H32N4O5. The zero-order chi connectivity index (χ0) is 23.9. The number of aryl methyl sites for hydroxylation is 1.